The van der Waals surface area contributed by atoms with Gasteiger partial charge in [-0.25, -0.2) is 14.4 Å². The highest BCUT2D eigenvalue weighted by molar-refractivity contribution is 6.04. The molecule has 0 aliphatic heterocycles. The number of halogens is 1. The van der Waals surface area contributed by atoms with Crippen molar-refractivity contribution >= 4 is 17.3 Å². The van der Waals surface area contributed by atoms with Gasteiger partial charge in [-0.1, -0.05) is 0 Å². The highest BCUT2D eigenvalue weighted by Crippen LogP contribution is 2.19. The van der Waals surface area contributed by atoms with Crippen LogP contribution < -0.4 is 10.2 Å². The Labute approximate surface area is 145 Å². The van der Waals surface area contributed by atoms with Crippen molar-refractivity contribution in [1.29, 1.82) is 0 Å². The number of nitrogens with one attached hydrogen (secondary N) is 1. The van der Waals surface area contributed by atoms with Gasteiger partial charge in [-0.3, -0.25) is 9.36 Å². The summed E-state index contributed by atoms with van der Waals surface area (Å²) in [6, 6.07) is 7.91. The minimum atomic E-state index is -0.443. The standard InChI is InChI=1S/C18H18FN5O/c1-12-20-8-9-24(12)17-7-5-14(11-21-17)22-18(25)13-4-6-16(23(2)3)15(19)10-13/h4-11H,1-3H3,(H,22,25). The zero-order valence-electron chi connectivity index (χ0n) is 14.2. The first kappa shape index (κ1) is 16.6. The number of hydrogen-bond donors (Lipinski definition) is 1. The topological polar surface area (TPSA) is 63.1 Å². The summed E-state index contributed by atoms with van der Waals surface area (Å²) in [5.74, 6) is 0.689. The first-order valence-corrected chi connectivity index (χ1v) is 7.70. The number of aromatic nitrogens is 3. The third-order valence-corrected chi connectivity index (χ3v) is 3.77. The van der Waals surface area contributed by atoms with Crippen LogP contribution in [0.3, 0.4) is 0 Å². The second kappa shape index (κ2) is 6.72. The number of nitrogens with zero attached hydrogens (tertiary/aromatic N) is 4. The van der Waals surface area contributed by atoms with Crippen molar-refractivity contribution in [3.05, 3.63) is 66.1 Å². The lowest BCUT2D eigenvalue weighted by molar-refractivity contribution is 0.102. The van der Waals surface area contributed by atoms with Crippen LogP contribution in [0.4, 0.5) is 15.8 Å². The van der Waals surface area contributed by atoms with E-state index in [1.807, 2.05) is 17.7 Å². The molecule has 1 aromatic carbocycles. The lowest BCUT2D eigenvalue weighted by atomic mass is 10.1. The number of anilines is 2. The van der Waals surface area contributed by atoms with Gasteiger partial charge < -0.3 is 10.2 Å². The Bertz CT molecular complexity index is 902. The predicted octanol–water partition coefficient (Wildman–Crippen LogP) is 3.03. The second-order valence-corrected chi connectivity index (χ2v) is 5.76. The van der Waals surface area contributed by atoms with Crippen LogP contribution in [0.1, 0.15) is 16.2 Å². The molecule has 0 fully saturated rings. The van der Waals surface area contributed by atoms with Crippen molar-refractivity contribution in [2.24, 2.45) is 0 Å². The van der Waals surface area contributed by atoms with Gasteiger partial charge in [0.1, 0.15) is 17.5 Å². The van der Waals surface area contributed by atoms with Gasteiger partial charge in [0.05, 0.1) is 17.6 Å². The second-order valence-electron chi connectivity index (χ2n) is 5.76. The van der Waals surface area contributed by atoms with Gasteiger partial charge in [-0.05, 0) is 37.3 Å². The summed E-state index contributed by atoms with van der Waals surface area (Å²) < 4.78 is 15.8. The van der Waals surface area contributed by atoms with Gasteiger partial charge in [-0.15, -0.1) is 0 Å². The molecule has 25 heavy (non-hydrogen) atoms. The molecule has 3 aromatic rings. The molecule has 0 aliphatic rings. The maximum Gasteiger partial charge on any atom is 0.255 e. The largest absolute Gasteiger partial charge is 0.375 e. The van der Waals surface area contributed by atoms with Gasteiger partial charge in [0.2, 0.25) is 0 Å². The van der Waals surface area contributed by atoms with Crippen LogP contribution in [0.15, 0.2) is 48.9 Å². The third-order valence-electron chi connectivity index (χ3n) is 3.77. The van der Waals surface area contributed by atoms with Gasteiger partial charge in [-0.2, -0.15) is 0 Å². The van der Waals surface area contributed by atoms with E-state index in [1.54, 1.807) is 55.7 Å². The zero-order chi connectivity index (χ0) is 18.0. The molecule has 0 unspecified atom stereocenters. The normalized spacial score (nSPS) is 10.6. The van der Waals surface area contributed by atoms with Crippen LogP contribution in [-0.2, 0) is 0 Å². The molecule has 7 heteroatoms. The number of rotatable bonds is 4. The molecule has 3 rings (SSSR count). The number of amides is 1. The number of carbonyl (C=O) groups excluding carboxylic acids is 1. The quantitative estimate of drug-likeness (QED) is 0.794. The molecular weight excluding hydrogens is 321 g/mol. The molecule has 2 heterocycles. The molecule has 0 spiro atoms. The lowest BCUT2D eigenvalue weighted by Crippen LogP contribution is -2.15. The van der Waals surface area contributed by atoms with Crippen molar-refractivity contribution in [1.82, 2.24) is 14.5 Å². The highest BCUT2D eigenvalue weighted by Gasteiger charge is 2.11. The summed E-state index contributed by atoms with van der Waals surface area (Å²) in [4.78, 5) is 22.4. The van der Waals surface area contributed by atoms with Gasteiger partial charge >= 0.3 is 0 Å². The summed E-state index contributed by atoms with van der Waals surface area (Å²) in [6.45, 7) is 1.88. The monoisotopic (exact) mass is 339 g/mol. The van der Waals surface area contributed by atoms with E-state index in [-0.39, 0.29) is 5.56 Å². The molecule has 2 aromatic heterocycles. The number of carbonyl (C=O) groups is 1. The lowest BCUT2D eigenvalue weighted by Gasteiger charge is -2.14. The molecule has 0 radical (unpaired) electrons. The third kappa shape index (κ3) is 3.50. The average Bonchev–Trinajstić information content (AvgIpc) is 3.01. The predicted molar refractivity (Wildman–Crippen MR) is 94.8 cm³/mol. The van der Waals surface area contributed by atoms with Crippen molar-refractivity contribution in [2.75, 3.05) is 24.3 Å². The van der Waals surface area contributed by atoms with Crippen molar-refractivity contribution in [3.63, 3.8) is 0 Å². The summed E-state index contributed by atoms with van der Waals surface area (Å²) in [5, 5.41) is 2.71. The van der Waals surface area contributed by atoms with Gasteiger partial charge in [0.25, 0.3) is 5.91 Å². The Morgan fingerprint density at radius 2 is 2.00 bits per heavy atom. The van der Waals surface area contributed by atoms with Crippen LogP contribution in [0.5, 0.6) is 0 Å². The van der Waals surface area contributed by atoms with Crippen molar-refractivity contribution in [3.8, 4) is 5.82 Å². The van der Waals surface area contributed by atoms with E-state index < -0.39 is 11.7 Å². The van der Waals surface area contributed by atoms with Crippen LogP contribution in [0.2, 0.25) is 0 Å². The van der Waals surface area contributed by atoms with E-state index in [0.29, 0.717) is 17.2 Å². The molecule has 1 N–H and O–H groups in total. The molecule has 0 atom stereocenters. The van der Waals surface area contributed by atoms with Crippen LogP contribution in [0.25, 0.3) is 5.82 Å². The zero-order valence-corrected chi connectivity index (χ0v) is 14.2. The number of aryl methyl sites for hydroxylation is 1. The molecule has 0 aliphatic carbocycles. The fourth-order valence-corrected chi connectivity index (χ4v) is 2.44. The number of pyridine rings is 1. The number of hydrogen-bond acceptors (Lipinski definition) is 4. The summed E-state index contributed by atoms with van der Waals surface area (Å²) >= 11 is 0. The molecule has 1 amide bonds. The molecule has 0 saturated carbocycles. The number of imidazole rings is 1. The summed E-state index contributed by atoms with van der Waals surface area (Å²) in [5.41, 5.74) is 1.21. The Hall–Kier alpha value is -3.22. The van der Waals surface area contributed by atoms with E-state index in [4.69, 9.17) is 0 Å². The fraction of sp³-hybridized carbons (Fsp3) is 0.167. The Balaban J connectivity index is 1.75. The van der Waals surface area contributed by atoms with E-state index in [0.717, 1.165) is 5.82 Å². The maximum absolute atomic E-state index is 14.0. The van der Waals surface area contributed by atoms with Gasteiger partial charge in [0, 0.05) is 32.1 Å². The Morgan fingerprint density at radius 1 is 1.20 bits per heavy atom. The van der Waals surface area contributed by atoms with Gasteiger partial charge in [0.15, 0.2) is 0 Å². The molecule has 0 saturated heterocycles. The van der Waals surface area contributed by atoms with E-state index in [9.17, 15) is 9.18 Å². The fourth-order valence-electron chi connectivity index (χ4n) is 2.44. The van der Waals surface area contributed by atoms with E-state index in [1.165, 1.54) is 6.07 Å². The van der Waals surface area contributed by atoms with E-state index in [2.05, 4.69) is 15.3 Å². The molecule has 6 nitrogen and oxygen atoms in total. The highest BCUT2D eigenvalue weighted by atomic mass is 19.1. The van der Waals surface area contributed by atoms with Crippen LogP contribution in [0, 0.1) is 12.7 Å². The van der Waals surface area contributed by atoms with Crippen LogP contribution in [-0.4, -0.2) is 34.5 Å². The van der Waals surface area contributed by atoms with Crippen molar-refractivity contribution < 1.29 is 9.18 Å². The summed E-state index contributed by atoms with van der Waals surface area (Å²) in [7, 11) is 3.49. The Morgan fingerprint density at radius 3 is 2.56 bits per heavy atom. The van der Waals surface area contributed by atoms with E-state index >= 15 is 0 Å². The first-order valence-electron chi connectivity index (χ1n) is 7.70. The minimum absolute atomic E-state index is 0.248. The maximum atomic E-state index is 14.0. The molecule has 0 bridgehead atoms. The van der Waals surface area contributed by atoms with Crippen LogP contribution >= 0.6 is 0 Å². The van der Waals surface area contributed by atoms with Crippen molar-refractivity contribution in [2.45, 2.75) is 6.92 Å². The smallest absolute Gasteiger partial charge is 0.255 e. The first-order chi connectivity index (χ1) is 12.0. The minimum Gasteiger partial charge on any atom is -0.375 e. The average molecular weight is 339 g/mol. The number of benzene rings is 1. The molecular formula is C18H18FN5O. The SMILES string of the molecule is Cc1nccn1-c1ccc(NC(=O)c2ccc(N(C)C)c(F)c2)cn1. The molecule has 128 valence electrons. The summed E-state index contributed by atoms with van der Waals surface area (Å²) in [6.07, 6.45) is 5.06. The Kier molecular flexibility index (Phi) is 4.47.